The second-order valence-electron chi connectivity index (χ2n) is 11.9. The molecule has 7 aromatic carbocycles. The van der Waals surface area contributed by atoms with Crippen LogP contribution < -0.4 is 24.8 Å². The van der Waals surface area contributed by atoms with Crippen LogP contribution in [0.3, 0.4) is 0 Å². The van der Waals surface area contributed by atoms with E-state index >= 15 is 0 Å². The molecule has 0 atom stereocenters. The fourth-order valence-electron chi connectivity index (χ4n) is 5.83. The van der Waals surface area contributed by atoms with E-state index in [1.807, 2.05) is 52.7 Å². The number of aryl methyl sites for hydroxylation is 2. The summed E-state index contributed by atoms with van der Waals surface area (Å²) in [4.78, 5) is 0. The first-order valence-corrected chi connectivity index (χ1v) is 17.5. The fourth-order valence-corrected chi connectivity index (χ4v) is 6.16. The van der Waals surface area contributed by atoms with Gasteiger partial charge in [-0.3, -0.25) is 0 Å². The van der Waals surface area contributed by atoms with Crippen molar-refractivity contribution < 1.29 is 77.4 Å². The van der Waals surface area contributed by atoms with Gasteiger partial charge in [-0.2, -0.15) is 38.5 Å². The zero-order valence-corrected chi connectivity index (χ0v) is 34.5. The average molecular weight is 858 g/mol. The van der Waals surface area contributed by atoms with Crippen molar-refractivity contribution in [1.82, 2.24) is 0 Å². The Labute approximate surface area is 341 Å². The van der Waals surface area contributed by atoms with Crippen LogP contribution in [0.15, 0.2) is 140 Å². The summed E-state index contributed by atoms with van der Waals surface area (Å²) < 4.78 is 75.7. The van der Waals surface area contributed by atoms with E-state index in [4.69, 9.17) is 0 Å². The number of benzene rings is 5. The van der Waals surface area contributed by atoms with Gasteiger partial charge in [-0.05, 0) is 54.3 Å². The molecule has 0 spiro atoms. The first-order valence-electron chi connectivity index (χ1n) is 16.5. The van der Waals surface area contributed by atoms with E-state index in [1.54, 1.807) is 0 Å². The molecule has 0 saturated carbocycles. The van der Waals surface area contributed by atoms with Crippen molar-refractivity contribution in [2.45, 2.75) is 45.1 Å². The minimum absolute atomic E-state index is 0. The van der Waals surface area contributed by atoms with Gasteiger partial charge in [0.2, 0.25) is 0 Å². The minimum Gasteiger partial charge on any atom is -1.00 e. The maximum Gasteiger partial charge on any atom is 4.00 e. The van der Waals surface area contributed by atoms with E-state index in [9.17, 15) is 26.3 Å². The summed E-state index contributed by atoms with van der Waals surface area (Å²) in [6, 6.07) is 42.7. The van der Waals surface area contributed by atoms with Gasteiger partial charge in [0.15, 0.2) is 0 Å². The van der Waals surface area contributed by atoms with Crippen LogP contribution in [-0.4, -0.2) is 10.2 Å². The van der Waals surface area contributed by atoms with Crippen LogP contribution in [0.4, 0.5) is 26.3 Å². The third-order valence-corrected chi connectivity index (χ3v) is 9.19. The monoisotopic (exact) mass is 855 g/mol. The predicted molar refractivity (Wildman–Crippen MR) is 197 cm³/mol. The number of alkyl halides is 6. The number of halogens is 8. The summed E-state index contributed by atoms with van der Waals surface area (Å²) in [5.74, 6) is 0. The first-order chi connectivity index (χ1) is 23.9. The molecule has 7 rings (SSSR count). The van der Waals surface area contributed by atoms with Gasteiger partial charge in [0.1, 0.15) is 0 Å². The number of hydrogen-bond acceptors (Lipinski definition) is 0. The van der Waals surface area contributed by atoms with E-state index in [-0.39, 0.29) is 51.0 Å². The Balaban J connectivity index is 0.000000291. The van der Waals surface area contributed by atoms with Crippen LogP contribution in [-0.2, 0) is 57.4 Å². The second kappa shape index (κ2) is 20.3. The van der Waals surface area contributed by atoms with Crippen molar-refractivity contribution in [3.63, 3.8) is 0 Å². The van der Waals surface area contributed by atoms with Crippen LogP contribution in [0.2, 0.25) is 0 Å². The molecule has 0 aliphatic carbocycles. The second-order valence-corrected chi connectivity index (χ2v) is 12.4. The number of fused-ring (bicyclic) bond motifs is 2. The van der Waals surface area contributed by atoms with Crippen molar-refractivity contribution in [3.8, 4) is 22.3 Å². The Kier molecular flexibility index (Phi) is 17.5. The molecule has 0 fully saturated rings. The van der Waals surface area contributed by atoms with Crippen molar-refractivity contribution >= 4 is 31.8 Å². The SMILES string of the molecule is CCc1cc2c(-c3ccc(C(F)(F)F)cc3)cccc2[cH-]1.CCc1cc2c(-c3ccc(C(F)(F)F)cc3)cccc2[cH-]1.[Cl-].[Cl-].[SiH2]Cc1ccccc1.[Zr+4]. The third-order valence-electron chi connectivity index (χ3n) is 8.62. The van der Waals surface area contributed by atoms with E-state index in [1.165, 1.54) is 47.0 Å². The predicted octanol–water partition coefficient (Wildman–Crippen LogP) is 6.44. The molecule has 0 bridgehead atoms. The summed E-state index contributed by atoms with van der Waals surface area (Å²) in [6.07, 6.45) is -6.69. The van der Waals surface area contributed by atoms with Gasteiger partial charge in [-0.15, -0.1) is 69.1 Å². The Hall–Kier alpha value is -3.42. The molecule has 1 radical (unpaired) electrons. The van der Waals surface area contributed by atoms with Crippen LogP contribution in [0, 0.1) is 0 Å². The van der Waals surface area contributed by atoms with Crippen molar-refractivity contribution in [3.05, 3.63) is 167 Å². The van der Waals surface area contributed by atoms with Crippen molar-refractivity contribution in [2.75, 3.05) is 0 Å². The smallest absolute Gasteiger partial charge is 1.00 e. The van der Waals surface area contributed by atoms with Gasteiger partial charge >= 0.3 is 38.6 Å². The third kappa shape index (κ3) is 11.8. The molecule has 0 N–H and O–H groups in total. The standard InChI is InChI=1S/2C18H14F3.C7H9Si.2ClH.Zr/c2*1-2-12-10-14-4-3-5-16(17(14)11-12)13-6-8-15(9-7-13)18(19,20)21;8-6-7-4-2-1-3-5-7;;;/h2*3-11H,2H2,1H3;1-5H,6,8H2;2*1H;/q2*-1;;;;+4/p-2. The Morgan fingerprint density at radius 3 is 1.19 bits per heavy atom. The maximum atomic E-state index is 12.6. The van der Waals surface area contributed by atoms with E-state index < -0.39 is 23.5 Å². The summed E-state index contributed by atoms with van der Waals surface area (Å²) in [7, 11) is 1.98. The van der Waals surface area contributed by atoms with Gasteiger partial charge in [-0.25, -0.2) is 0 Å². The molecular formula is C43H37Cl2F6SiZr. The van der Waals surface area contributed by atoms with E-state index in [0.717, 1.165) is 80.9 Å². The molecule has 53 heavy (non-hydrogen) atoms. The largest absolute Gasteiger partial charge is 4.00 e. The summed E-state index contributed by atoms with van der Waals surface area (Å²) in [5, 5.41) is 4.44. The summed E-state index contributed by atoms with van der Waals surface area (Å²) >= 11 is 0. The van der Waals surface area contributed by atoms with Crippen molar-refractivity contribution in [1.29, 1.82) is 0 Å². The molecule has 0 amide bonds. The molecule has 0 heterocycles. The molecule has 7 aromatic rings. The van der Waals surface area contributed by atoms with Gasteiger partial charge in [0.05, 0.1) is 11.1 Å². The molecular weight excluding hydrogens is 821 g/mol. The Morgan fingerprint density at radius 2 is 0.887 bits per heavy atom. The first kappa shape index (κ1) is 45.7. The summed E-state index contributed by atoms with van der Waals surface area (Å²) in [6.45, 7) is 4.18. The normalized spacial score (nSPS) is 10.9. The average Bonchev–Trinajstić information content (AvgIpc) is 3.76. The molecule has 0 nitrogen and oxygen atoms in total. The fraction of sp³-hybridized carbons (Fsp3) is 0.163. The van der Waals surface area contributed by atoms with Crippen molar-refractivity contribution in [2.24, 2.45) is 0 Å². The van der Waals surface area contributed by atoms with Crippen LogP contribution in [0.5, 0.6) is 0 Å². The van der Waals surface area contributed by atoms with Gasteiger partial charge in [-0.1, -0.05) is 97.3 Å². The molecule has 0 aliphatic rings. The van der Waals surface area contributed by atoms with E-state index in [0.29, 0.717) is 0 Å². The quantitative estimate of drug-likeness (QED) is 0.106. The molecule has 0 unspecified atom stereocenters. The molecule has 0 aliphatic heterocycles. The van der Waals surface area contributed by atoms with Crippen LogP contribution >= 0.6 is 0 Å². The maximum absolute atomic E-state index is 12.6. The van der Waals surface area contributed by atoms with Gasteiger partial charge < -0.3 is 24.8 Å². The minimum atomic E-state index is -4.29. The number of hydrogen-bond donors (Lipinski definition) is 0. The Bertz CT molecular complexity index is 2000. The molecule has 10 heteroatoms. The topological polar surface area (TPSA) is 0 Å². The van der Waals surface area contributed by atoms with Gasteiger partial charge in [0, 0.05) is 10.2 Å². The Morgan fingerprint density at radius 1 is 0.509 bits per heavy atom. The van der Waals surface area contributed by atoms with Crippen LogP contribution in [0.1, 0.15) is 41.7 Å². The summed E-state index contributed by atoms with van der Waals surface area (Å²) in [5.41, 5.74) is 6.23. The molecule has 0 saturated heterocycles. The van der Waals surface area contributed by atoms with Crippen LogP contribution in [0.25, 0.3) is 43.8 Å². The molecule has 273 valence electrons. The van der Waals surface area contributed by atoms with Gasteiger partial charge in [0.25, 0.3) is 0 Å². The molecule has 0 aromatic heterocycles. The number of rotatable bonds is 5. The zero-order chi connectivity index (χ0) is 35.9. The van der Waals surface area contributed by atoms with E-state index in [2.05, 4.69) is 62.4 Å². The zero-order valence-electron chi connectivity index (χ0n) is 29.1.